The van der Waals surface area contributed by atoms with Crippen molar-refractivity contribution in [1.82, 2.24) is 5.32 Å². The van der Waals surface area contributed by atoms with Crippen LogP contribution in [-0.2, 0) is 19.6 Å². The van der Waals surface area contributed by atoms with Crippen LogP contribution >= 0.6 is 11.6 Å². The highest BCUT2D eigenvalue weighted by Gasteiger charge is 2.23. The Bertz CT molecular complexity index is 718. The molecule has 8 heteroatoms. The fourth-order valence-corrected chi connectivity index (χ4v) is 4.12. The Labute approximate surface area is 160 Å². The highest BCUT2D eigenvalue weighted by atomic mass is 35.5. The molecule has 1 fully saturated rings. The van der Waals surface area contributed by atoms with Gasteiger partial charge in [0.25, 0.3) is 0 Å². The molecule has 0 spiro atoms. The quantitative estimate of drug-likeness (QED) is 0.644. The topological polar surface area (TPSA) is 75.7 Å². The molecule has 1 N–H and O–H groups in total. The number of nitrogens with zero attached hydrogens (tertiary/aromatic N) is 1. The lowest BCUT2D eigenvalue weighted by Gasteiger charge is -2.24. The molecule has 0 bridgehead atoms. The van der Waals surface area contributed by atoms with Gasteiger partial charge in [0.05, 0.1) is 18.0 Å². The van der Waals surface area contributed by atoms with Crippen LogP contribution < -0.4 is 9.62 Å². The number of nitrogens with one attached hydrogen (secondary N) is 1. The van der Waals surface area contributed by atoms with E-state index in [0.29, 0.717) is 41.9 Å². The molecule has 0 unspecified atom stereocenters. The Morgan fingerprint density at radius 3 is 2.69 bits per heavy atom. The van der Waals surface area contributed by atoms with Gasteiger partial charge >= 0.3 is 0 Å². The van der Waals surface area contributed by atoms with Crippen molar-refractivity contribution in [2.24, 2.45) is 0 Å². The average Bonchev–Trinajstić information content (AvgIpc) is 3.07. The van der Waals surface area contributed by atoms with Crippen molar-refractivity contribution in [2.75, 3.05) is 30.3 Å². The third-order valence-corrected chi connectivity index (χ3v) is 6.03. The molecule has 0 saturated heterocycles. The molecular formula is C18H27ClN2O4S. The Balaban J connectivity index is 1.86. The first-order valence-corrected chi connectivity index (χ1v) is 11.1. The summed E-state index contributed by atoms with van der Waals surface area (Å²) in [6.07, 6.45) is 6.84. The summed E-state index contributed by atoms with van der Waals surface area (Å²) in [4.78, 5) is 12.2. The second kappa shape index (κ2) is 9.58. The number of anilines is 1. The molecule has 1 aromatic rings. The molecule has 0 aliphatic heterocycles. The maximum Gasteiger partial charge on any atom is 0.240 e. The van der Waals surface area contributed by atoms with Crippen LogP contribution in [0.15, 0.2) is 18.2 Å². The lowest BCUT2D eigenvalue weighted by molar-refractivity contribution is -0.119. The maximum absolute atomic E-state index is 12.2. The molecule has 0 atom stereocenters. The number of halogens is 1. The largest absolute Gasteiger partial charge is 0.378 e. The van der Waals surface area contributed by atoms with Gasteiger partial charge < -0.3 is 10.1 Å². The monoisotopic (exact) mass is 402 g/mol. The van der Waals surface area contributed by atoms with Gasteiger partial charge in [-0.05, 0) is 43.9 Å². The fourth-order valence-electron chi connectivity index (χ4n) is 3.04. The van der Waals surface area contributed by atoms with E-state index in [4.69, 9.17) is 16.3 Å². The second-order valence-corrected chi connectivity index (χ2v) is 8.95. The van der Waals surface area contributed by atoms with Crippen molar-refractivity contribution in [1.29, 1.82) is 0 Å². The van der Waals surface area contributed by atoms with Gasteiger partial charge in [0.2, 0.25) is 15.9 Å². The molecule has 6 nitrogen and oxygen atoms in total. The van der Waals surface area contributed by atoms with Crippen molar-refractivity contribution in [3.8, 4) is 0 Å². The molecular weight excluding hydrogens is 376 g/mol. The molecule has 1 aliphatic rings. The number of hydrogen-bond donors (Lipinski definition) is 1. The summed E-state index contributed by atoms with van der Waals surface area (Å²) in [7, 11) is -3.61. The van der Waals surface area contributed by atoms with Crippen LogP contribution in [0.2, 0.25) is 5.02 Å². The molecule has 2 rings (SSSR count). The number of amides is 1. The number of benzene rings is 1. The van der Waals surface area contributed by atoms with E-state index in [-0.39, 0.29) is 12.5 Å². The minimum atomic E-state index is -3.61. The van der Waals surface area contributed by atoms with Gasteiger partial charge in [-0.1, -0.05) is 30.5 Å². The van der Waals surface area contributed by atoms with Gasteiger partial charge in [-0.3, -0.25) is 9.10 Å². The zero-order chi connectivity index (χ0) is 19.2. The smallest absolute Gasteiger partial charge is 0.240 e. The van der Waals surface area contributed by atoms with E-state index in [1.165, 1.54) is 12.8 Å². The Hall–Kier alpha value is -1.31. The van der Waals surface area contributed by atoms with Gasteiger partial charge in [0.1, 0.15) is 6.54 Å². The molecule has 1 saturated carbocycles. The predicted octanol–water partition coefficient (Wildman–Crippen LogP) is 2.88. The maximum atomic E-state index is 12.2. The first kappa shape index (κ1) is 21.0. The summed E-state index contributed by atoms with van der Waals surface area (Å²) in [6.45, 7) is 2.52. The Morgan fingerprint density at radius 1 is 1.35 bits per heavy atom. The van der Waals surface area contributed by atoms with Crippen molar-refractivity contribution < 1.29 is 17.9 Å². The molecule has 26 heavy (non-hydrogen) atoms. The first-order chi connectivity index (χ1) is 12.3. The first-order valence-electron chi connectivity index (χ1n) is 8.90. The summed E-state index contributed by atoms with van der Waals surface area (Å²) in [5.74, 6) is -0.351. The van der Waals surface area contributed by atoms with Gasteiger partial charge in [-0.2, -0.15) is 0 Å². The van der Waals surface area contributed by atoms with Crippen molar-refractivity contribution in [2.45, 2.75) is 45.1 Å². The Morgan fingerprint density at radius 2 is 2.04 bits per heavy atom. The summed E-state index contributed by atoms with van der Waals surface area (Å²) in [5, 5.41) is 3.22. The van der Waals surface area contributed by atoms with Gasteiger partial charge in [-0.25, -0.2) is 8.42 Å². The van der Waals surface area contributed by atoms with Crippen molar-refractivity contribution >= 4 is 33.2 Å². The van der Waals surface area contributed by atoms with Gasteiger partial charge in [-0.15, -0.1) is 0 Å². The minimum Gasteiger partial charge on any atom is -0.378 e. The normalized spacial score (nSPS) is 15.2. The van der Waals surface area contributed by atoms with Crippen LogP contribution in [-0.4, -0.2) is 46.4 Å². The van der Waals surface area contributed by atoms with E-state index >= 15 is 0 Å². The van der Waals surface area contributed by atoms with E-state index in [0.717, 1.165) is 23.4 Å². The van der Waals surface area contributed by atoms with E-state index in [9.17, 15) is 13.2 Å². The SMILES string of the molecule is Cc1c(Cl)cccc1N(CC(=O)NCCCOC1CCCC1)S(C)(=O)=O. The lowest BCUT2D eigenvalue weighted by Crippen LogP contribution is -2.41. The molecule has 0 radical (unpaired) electrons. The summed E-state index contributed by atoms with van der Waals surface area (Å²) < 4.78 is 31.1. The zero-order valence-corrected chi connectivity index (χ0v) is 16.9. The number of hydrogen-bond acceptors (Lipinski definition) is 4. The summed E-state index contributed by atoms with van der Waals surface area (Å²) in [5.41, 5.74) is 1.04. The summed E-state index contributed by atoms with van der Waals surface area (Å²) in [6, 6.07) is 5.00. The van der Waals surface area contributed by atoms with Crippen LogP contribution in [0, 0.1) is 6.92 Å². The van der Waals surface area contributed by atoms with Gasteiger partial charge in [0.15, 0.2) is 0 Å². The minimum absolute atomic E-state index is 0.274. The highest BCUT2D eigenvalue weighted by Crippen LogP contribution is 2.28. The molecule has 0 heterocycles. The third-order valence-electron chi connectivity index (χ3n) is 4.49. The Kier molecular flexibility index (Phi) is 7.73. The van der Waals surface area contributed by atoms with Crippen LogP contribution in [0.25, 0.3) is 0 Å². The van der Waals surface area contributed by atoms with E-state index in [1.54, 1.807) is 25.1 Å². The number of rotatable bonds is 9. The molecule has 1 aromatic carbocycles. The van der Waals surface area contributed by atoms with E-state index in [2.05, 4.69) is 5.32 Å². The van der Waals surface area contributed by atoms with Crippen LogP contribution in [0.3, 0.4) is 0 Å². The number of carbonyl (C=O) groups excluding carboxylic acids is 1. The zero-order valence-electron chi connectivity index (χ0n) is 15.3. The van der Waals surface area contributed by atoms with Crippen molar-refractivity contribution in [3.63, 3.8) is 0 Å². The molecule has 146 valence electrons. The molecule has 1 amide bonds. The van der Waals surface area contributed by atoms with E-state index in [1.807, 2.05) is 0 Å². The van der Waals surface area contributed by atoms with Crippen LogP contribution in [0.4, 0.5) is 5.69 Å². The number of carbonyl (C=O) groups is 1. The summed E-state index contributed by atoms with van der Waals surface area (Å²) >= 11 is 6.08. The van der Waals surface area contributed by atoms with Crippen LogP contribution in [0.1, 0.15) is 37.7 Å². The lowest BCUT2D eigenvalue weighted by atomic mass is 10.2. The second-order valence-electron chi connectivity index (χ2n) is 6.63. The third kappa shape index (κ3) is 6.14. The number of sulfonamides is 1. The average molecular weight is 403 g/mol. The standard InChI is InChI=1S/C18H27ClN2O4S/c1-14-16(19)9-5-10-17(14)21(26(2,23)24)13-18(22)20-11-6-12-25-15-7-3-4-8-15/h5,9-10,15H,3-4,6-8,11-13H2,1-2H3,(H,20,22). The fraction of sp³-hybridized carbons (Fsp3) is 0.611. The van der Waals surface area contributed by atoms with Crippen molar-refractivity contribution in [3.05, 3.63) is 28.8 Å². The molecule has 0 aromatic heterocycles. The highest BCUT2D eigenvalue weighted by molar-refractivity contribution is 7.92. The predicted molar refractivity (Wildman–Crippen MR) is 104 cm³/mol. The van der Waals surface area contributed by atoms with E-state index < -0.39 is 10.0 Å². The molecule has 1 aliphatic carbocycles. The van der Waals surface area contributed by atoms with Gasteiger partial charge in [0, 0.05) is 18.2 Å². The van der Waals surface area contributed by atoms with Crippen LogP contribution in [0.5, 0.6) is 0 Å². The number of ether oxygens (including phenoxy) is 1.